The van der Waals surface area contributed by atoms with Crippen LogP contribution in [0.15, 0.2) is 42.5 Å². The van der Waals surface area contributed by atoms with Crippen LogP contribution in [0.2, 0.25) is 5.15 Å². The monoisotopic (exact) mass is 243 g/mol. The van der Waals surface area contributed by atoms with Crippen LogP contribution >= 0.6 is 11.6 Å². The van der Waals surface area contributed by atoms with E-state index in [0.29, 0.717) is 23.1 Å². The van der Waals surface area contributed by atoms with E-state index in [0.717, 1.165) is 5.56 Å². The van der Waals surface area contributed by atoms with Gasteiger partial charge < -0.3 is 5.32 Å². The molecule has 0 aliphatic carbocycles. The van der Waals surface area contributed by atoms with Gasteiger partial charge in [-0.25, -0.2) is 4.98 Å². The van der Waals surface area contributed by atoms with E-state index in [-0.39, 0.29) is 0 Å². The zero-order valence-electron chi connectivity index (χ0n) is 9.02. The van der Waals surface area contributed by atoms with Gasteiger partial charge in [-0.05, 0) is 17.7 Å². The van der Waals surface area contributed by atoms with Gasteiger partial charge in [-0.2, -0.15) is 5.26 Å². The van der Waals surface area contributed by atoms with E-state index in [2.05, 4.69) is 16.4 Å². The summed E-state index contributed by atoms with van der Waals surface area (Å²) in [6.07, 6.45) is 0. The number of halogens is 1. The Balaban J connectivity index is 2.14. The Labute approximate surface area is 105 Å². The third-order valence-electron chi connectivity index (χ3n) is 2.28. The molecule has 84 valence electrons. The average Bonchev–Trinajstić information content (AvgIpc) is 2.38. The third-order valence-corrected chi connectivity index (χ3v) is 2.49. The van der Waals surface area contributed by atoms with Crippen molar-refractivity contribution < 1.29 is 0 Å². The quantitative estimate of drug-likeness (QED) is 0.842. The number of nitrogens with zero attached hydrogens (tertiary/aromatic N) is 2. The Morgan fingerprint density at radius 1 is 1.18 bits per heavy atom. The van der Waals surface area contributed by atoms with Gasteiger partial charge in [0.25, 0.3) is 0 Å². The SMILES string of the molecule is N#Cc1ccc(Cl)nc1NCc1ccccc1. The number of hydrogen-bond donors (Lipinski definition) is 1. The molecule has 1 N–H and O–H groups in total. The predicted molar refractivity (Wildman–Crippen MR) is 67.7 cm³/mol. The minimum atomic E-state index is 0.375. The van der Waals surface area contributed by atoms with Crippen molar-refractivity contribution in [2.45, 2.75) is 6.54 Å². The van der Waals surface area contributed by atoms with E-state index in [1.54, 1.807) is 12.1 Å². The van der Waals surface area contributed by atoms with Crippen LogP contribution in [0.1, 0.15) is 11.1 Å². The molecule has 2 rings (SSSR count). The van der Waals surface area contributed by atoms with Crippen molar-refractivity contribution in [1.82, 2.24) is 4.98 Å². The molecule has 0 aliphatic heterocycles. The van der Waals surface area contributed by atoms with Crippen molar-refractivity contribution >= 4 is 17.4 Å². The zero-order chi connectivity index (χ0) is 12.1. The number of rotatable bonds is 3. The fraction of sp³-hybridized carbons (Fsp3) is 0.0769. The number of benzene rings is 1. The predicted octanol–water partition coefficient (Wildman–Crippen LogP) is 3.22. The highest BCUT2D eigenvalue weighted by atomic mass is 35.5. The summed E-state index contributed by atoms with van der Waals surface area (Å²) >= 11 is 5.80. The van der Waals surface area contributed by atoms with Crippen LogP contribution in [0.3, 0.4) is 0 Å². The molecule has 0 saturated heterocycles. The molecule has 0 unspecified atom stereocenters. The highest BCUT2D eigenvalue weighted by Gasteiger charge is 2.03. The van der Waals surface area contributed by atoms with Crippen LogP contribution in [0, 0.1) is 11.3 Å². The standard InChI is InChI=1S/C13H10ClN3/c14-12-7-6-11(8-15)13(17-12)16-9-10-4-2-1-3-5-10/h1-7H,9H2,(H,16,17). The summed E-state index contributed by atoms with van der Waals surface area (Å²) in [5, 5.41) is 12.4. The average molecular weight is 244 g/mol. The Kier molecular flexibility index (Phi) is 3.59. The molecule has 2 aromatic rings. The number of hydrogen-bond acceptors (Lipinski definition) is 3. The second-order valence-corrected chi connectivity index (χ2v) is 3.87. The van der Waals surface area contributed by atoms with Gasteiger partial charge in [0.2, 0.25) is 0 Å². The first-order valence-corrected chi connectivity index (χ1v) is 5.52. The van der Waals surface area contributed by atoms with E-state index in [4.69, 9.17) is 16.9 Å². The van der Waals surface area contributed by atoms with Crippen molar-refractivity contribution in [2.24, 2.45) is 0 Å². The summed E-state index contributed by atoms with van der Waals surface area (Å²) in [5.74, 6) is 0.517. The second-order valence-electron chi connectivity index (χ2n) is 3.48. The molecule has 0 fully saturated rings. The van der Waals surface area contributed by atoms with Crippen LogP contribution in [0.5, 0.6) is 0 Å². The van der Waals surface area contributed by atoms with Crippen LogP contribution in [-0.4, -0.2) is 4.98 Å². The largest absolute Gasteiger partial charge is 0.365 e. The Hall–Kier alpha value is -2.05. The first kappa shape index (κ1) is 11.4. The molecule has 0 saturated carbocycles. The third kappa shape index (κ3) is 2.96. The lowest BCUT2D eigenvalue weighted by Crippen LogP contribution is -2.03. The fourth-order valence-electron chi connectivity index (χ4n) is 1.44. The van der Waals surface area contributed by atoms with Gasteiger partial charge in [-0.3, -0.25) is 0 Å². The van der Waals surface area contributed by atoms with Gasteiger partial charge in [0.15, 0.2) is 0 Å². The van der Waals surface area contributed by atoms with Crippen molar-refractivity contribution in [3.05, 3.63) is 58.7 Å². The minimum Gasteiger partial charge on any atom is -0.365 e. The second kappa shape index (κ2) is 5.33. The normalized spacial score (nSPS) is 9.65. The molecule has 0 atom stereocenters. The summed E-state index contributed by atoms with van der Waals surface area (Å²) in [7, 11) is 0. The van der Waals surface area contributed by atoms with Gasteiger partial charge >= 0.3 is 0 Å². The summed E-state index contributed by atoms with van der Waals surface area (Å²) in [4.78, 5) is 4.09. The van der Waals surface area contributed by atoms with Crippen molar-refractivity contribution in [2.75, 3.05) is 5.32 Å². The van der Waals surface area contributed by atoms with E-state index < -0.39 is 0 Å². The Morgan fingerprint density at radius 2 is 1.94 bits per heavy atom. The highest BCUT2D eigenvalue weighted by Crippen LogP contribution is 2.16. The topological polar surface area (TPSA) is 48.7 Å². The summed E-state index contributed by atoms with van der Waals surface area (Å²) < 4.78 is 0. The molecule has 1 heterocycles. The molecule has 1 aromatic heterocycles. The Bertz CT molecular complexity index is 546. The van der Waals surface area contributed by atoms with E-state index in [1.807, 2.05) is 30.3 Å². The molecular formula is C13H10ClN3. The molecule has 1 aromatic carbocycles. The lowest BCUT2D eigenvalue weighted by atomic mass is 10.2. The molecule has 0 spiro atoms. The molecule has 0 radical (unpaired) electrons. The van der Waals surface area contributed by atoms with Gasteiger partial charge in [0.1, 0.15) is 17.0 Å². The lowest BCUT2D eigenvalue weighted by molar-refractivity contribution is 1.11. The highest BCUT2D eigenvalue weighted by molar-refractivity contribution is 6.29. The maximum absolute atomic E-state index is 8.93. The number of pyridine rings is 1. The van der Waals surface area contributed by atoms with Crippen molar-refractivity contribution in [3.63, 3.8) is 0 Å². The fourth-order valence-corrected chi connectivity index (χ4v) is 1.59. The number of nitriles is 1. The van der Waals surface area contributed by atoms with Gasteiger partial charge in [-0.1, -0.05) is 41.9 Å². The van der Waals surface area contributed by atoms with Crippen LogP contribution < -0.4 is 5.32 Å². The summed E-state index contributed by atoms with van der Waals surface area (Å²) in [6.45, 7) is 0.614. The first-order chi connectivity index (χ1) is 8.29. The van der Waals surface area contributed by atoms with Crippen molar-refractivity contribution in [3.8, 4) is 6.07 Å². The van der Waals surface area contributed by atoms with E-state index in [9.17, 15) is 0 Å². The molecule has 17 heavy (non-hydrogen) atoms. The molecule has 0 bridgehead atoms. The maximum Gasteiger partial charge on any atom is 0.145 e. The van der Waals surface area contributed by atoms with E-state index >= 15 is 0 Å². The lowest BCUT2D eigenvalue weighted by Gasteiger charge is -2.07. The summed E-state index contributed by atoms with van der Waals surface area (Å²) in [5.41, 5.74) is 1.61. The molecule has 3 nitrogen and oxygen atoms in total. The molecule has 4 heteroatoms. The molecule has 0 amide bonds. The summed E-state index contributed by atoms with van der Waals surface area (Å²) in [6, 6.07) is 15.2. The Morgan fingerprint density at radius 3 is 2.65 bits per heavy atom. The number of aromatic nitrogens is 1. The first-order valence-electron chi connectivity index (χ1n) is 5.14. The van der Waals surface area contributed by atoms with E-state index in [1.165, 1.54) is 0 Å². The van der Waals surface area contributed by atoms with Gasteiger partial charge in [-0.15, -0.1) is 0 Å². The van der Waals surface area contributed by atoms with Crippen LogP contribution in [-0.2, 0) is 6.54 Å². The number of nitrogens with one attached hydrogen (secondary N) is 1. The molecular weight excluding hydrogens is 234 g/mol. The van der Waals surface area contributed by atoms with Gasteiger partial charge in [0, 0.05) is 6.54 Å². The van der Waals surface area contributed by atoms with Crippen LogP contribution in [0.4, 0.5) is 5.82 Å². The number of anilines is 1. The van der Waals surface area contributed by atoms with Crippen molar-refractivity contribution in [1.29, 1.82) is 5.26 Å². The maximum atomic E-state index is 8.93. The van der Waals surface area contributed by atoms with Gasteiger partial charge in [0.05, 0.1) is 5.56 Å². The molecule has 0 aliphatic rings. The minimum absolute atomic E-state index is 0.375. The van der Waals surface area contributed by atoms with Crippen LogP contribution in [0.25, 0.3) is 0 Å². The smallest absolute Gasteiger partial charge is 0.145 e. The zero-order valence-corrected chi connectivity index (χ0v) is 9.78.